The van der Waals surface area contributed by atoms with Crippen molar-refractivity contribution in [3.63, 3.8) is 0 Å². The van der Waals surface area contributed by atoms with Gasteiger partial charge in [0.2, 0.25) is 0 Å². The molecule has 0 spiro atoms. The lowest BCUT2D eigenvalue weighted by molar-refractivity contribution is -0.140. The van der Waals surface area contributed by atoms with Crippen LogP contribution in [0.3, 0.4) is 0 Å². The summed E-state index contributed by atoms with van der Waals surface area (Å²) in [5.41, 5.74) is 0.302. The van der Waals surface area contributed by atoms with Gasteiger partial charge in [0.05, 0.1) is 23.7 Å². The SMILES string of the molecule is CCOc1cc(/C(O)=C2/C(=O)C(=O)N(Cc3cccs3)C2c2ccc(C)o2)ccc1Cl. The third-order valence-corrected chi connectivity index (χ3v) is 6.15. The first kappa shape index (κ1) is 21.2. The summed E-state index contributed by atoms with van der Waals surface area (Å²) in [6.07, 6.45) is 0. The Labute approximate surface area is 188 Å². The van der Waals surface area contributed by atoms with Crippen LogP contribution in [0.25, 0.3) is 5.76 Å². The second-order valence-electron chi connectivity index (χ2n) is 7.03. The molecule has 3 heterocycles. The minimum absolute atomic E-state index is 0.0272. The number of likely N-dealkylation sites (tertiary alicyclic amines) is 1. The summed E-state index contributed by atoms with van der Waals surface area (Å²) in [5, 5.41) is 13.4. The zero-order chi connectivity index (χ0) is 22.1. The van der Waals surface area contributed by atoms with Crippen molar-refractivity contribution in [2.24, 2.45) is 0 Å². The number of amides is 1. The zero-order valence-corrected chi connectivity index (χ0v) is 18.5. The highest BCUT2D eigenvalue weighted by atomic mass is 35.5. The van der Waals surface area contributed by atoms with Gasteiger partial charge in [0, 0.05) is 10.4 Å². The fourth-order valence-electron chi connectivity index (χ4n) is 3.58. The number of aliphatic hydroxyl groups is 1. The molecule has 2 aromatic heterocycles. The summed E-state index contributed by atoms with van der Waals surface area (Å²) in [7, 11) is 0. The van der Waals surface area contributed by atoms with Crippen molar-refractivity contribution in [1.82, 2.24) is 4.90 Å². The lowest BCUT2D eigenvalue weighted by Gasteiger charge is -2.22. The number of ketones is 1. The molecule has 3 aromatic rings. The van der Waals surface area contributed by atoms with Gasteiger partial charge in [-0.25, -0.2) is 0 Å². The lowest BCUT2D eigenvalue weighted by atomic mass is 9.99. The van der Waals surface area contributed by atoms with Crippen molar-refractivity contribution in [3.05, 3.63) is 80.4 Å². The van der Waals surface area contributed by atoms with Crippen molar-refractivity contribution in [3.8, 4) is 5.75 Å². The third kappa shape index (κ3) is 3.98. The van der Waals surface area contributed by atoms with E-state index in [4.69, 9.17) is 20.8 Å². The number of carbonyl (C=O) groups excluding carboxylic acids is 2. The van der Waals surface area contributed by atoms with E-state index in [1.165, 1.54) is 16.2 Å². The van der Waals surface area contributed by atoms with E-state index < -0.39 is 17.7 Å². The van der Waals surface area contributed by atoms with Gasteiger partial charge in [-0.15, -0.1) is 11.3 Å². The minimum Gasteiger partial charge on any atom is -0.507 e. The van der Waals surface area contributed by atoms with Gasteiger partial charge >= 0.3 is 0 Å². The average Bonchev–Trinajstić information content (AvgIpc) is 3.47. The summed E-state index contributed by atoms with van der Waals surface area (Å²) in [6.45, 7) is 4.22. The molecular formula is C23H20ClNO5S. The van der Waals surface area contributed by atoms with Crippen LogP contribution in [0.2, 0.25) is 5.02 Å². The van der Waals surface area contributed by atoms with Crippen LogP contribution in [0.15, 0.2) is 57.8 Å². The summed E-state index contributed by atoms with van der Waals surface area (Å²) in [5.74, 6) is -0.320. The van der Waals surface area contributed by atoms with Crippen molar-refractivity contribution >= 4 is 40.4 Å². The van der Waals surface area contributed by atoms with Crippen LogP contribution in [0.1, 0.15) is 34.9 Å². The number of carbonyl (C=O) groups is 2. The van der Waals surface area contributed by atoms with Crippen molar-refractivity contribution in [1.29, 1.82) is 0 Å². The molecule has 1 aliphatic heterocycles. The maximum absolute atomic E-state index is 13.0. The first-order chi connectivity index (χ1) is 14.9. The van der Waals surface area contributed by atoms with Crippen molar-refractivity contribution < 1.29 is 23.8 Å². The van der Waals surface area contributed by atoms with E-state index >= 15 is 0 Å². The zero-order valence-electron chi connectivity index (χ0n) is 16.9. The van der Waals surface area contributed by atoms with Gasteiger partial charge in [-0.1, -0.05) is 17.7 Å². The molecule has 1 aliphatic rings. The molecule has 160 valence electrons. The van der Waals surface area contributed by atoms with E-state index in [0.717, 1.165) is 4.88 Å². The van der Waals surface area contributed by atoms with Crippen LogP contribution < -0.4 is 4.74 Å². The lowest BCUT2D eigenvalue weighted by Crippen LogP contribution is -2.28. The van der Waals surface area contributed by atoms with Crippen molar-refractivity contribution in [2.45, 2.75) is 26.4 Å². The Morgan fingerprint density at radius 3 is 2.71 bits per heavy atom. The number of aliphatic hydroxyl groups excluding tert-OH is 1. The molecule has 1 unspecified atom stereocenters. The number of rotatable bonds is 6. The fraction of sp³-hybridized carbons (Fsp3) is 0.217. The number of hydrogen-bond donors (Lipinski definition) is 1. The highest BCUT2D eigenvalue weighted by molar-refractivity contribution is 7.09. The Hall–Kier alpha value is -3.03. The minimum atomic E-state index is -0.845. The van der Waals surface area contributed by atoms with Crippen LogP contribution in [-0.4, -0.2) is 28.3 Å². The summed E-state index contributed by atoms with van der Waals surface area (Å²) >= 11 is 7.64. The highest BCUT2D eigenvalue weighted by Gasteiger charge is 2.47. The van der Waals surface area contributed by atoms with E-state index in [9.17, 15) is 14.7 Å². The van der Waals surface area contributed by atoms with Crippen LogP contribution in [0.5, 0.6) is 5.75 Å². The van der Waals surface area contributed by atoms with E-state index in [-0.39, 0.29) is 17.9 Å². The fourth-order valence-corrected chi connectivity index (χ4v) is 4.46. The summed E-state index contributed by atoms with van der Waals surface area (Å²) in [6, 6.07) is 11.1. The van der Waals surface area contributed by atoms with Gasteiger partial charge in [-0.2, -0.15) is 0 Å². The van der Waals surface area contributed by atoms with Gasteiger partial charge in [0.25, 0.3) is 11.7 Å². The molecule has 31 heavy (non-hydrogen) atoms. The van der Waals surface area contributed by atoms with E-state index in [2.05, 4.69) is 0 Å². The molecular weight excluding hydrogens is 438 g/mol. The molecule has 6 nitrogen and oxygen atoms in total. The second-order valence-corrected chi connectivity index (χ2v) is 8.47. The number of ether oxygens (including phenoxy) is 1. The molecule has 8 heteroatoms. The van der Waals surface area contributed by atoms with Gasteiger partial charge in [-0.05, 0) is 55.6 Å². The Bertz CT molecular complexity index is 1160. The molecule has 0 bridgehead atoms. The Morgan fingerprint density at radius 1 is 1.26 bits per heavy atom. The third-order valence-electron chi connectivity index (χ3n) is 4.98. The molecule has 1 aromatic carbocycles. The molecule has 1 saturated heterocycles. The Kier molecular flexibility index (Phi) is 5.89. The number of benzene rings is 1. The molecule has 1 fully saturated rings. The normalized spacial score (nSPS) is 18.0. The first-order valence-corrected chi connectivity index (χ1v) is 11.0. The monoisotopic (exact) mass is 457 g/mol. The van der Waals surface area contributed by atoms with Gasteiger partial charge < -0.3 is 19.2 Å². The molecule has 1 atom stereocenters. The second kappa shape index (κ2) is 8.61. The van der Waals surface area contributed by atoms with E-state index in [0.29, 0.717) is 34.5 Å². The number of furan rings is 1. The highest BCUT2D eigenvalue weighted by Crippen LogP contribution is 2.42. The standard InChI is InChI=1S/C23H20ClNO5S/c1-3-29-18-11-14(7-8-16(18)24)21(26)19-20(17-9-6-13(2)30-17)25(23(28)22(19)27)12-15-5-4-10-31-15/h4-11,20,26H,3,12H2,1-2H3/b21-19-. The number of aryl methyl sites for hydroxylation is 1. The number of thiophene rings is 1. The summed E-state index contributed by atoms with van der Waals surface area (Å²) < 4.78 is 11.3. The summed E-state index contributed by atoms with van der Waals surface area (Å²) in [4.78, 5) is 28.3. The molecule has 1 amide bonds. The molecule has 1 N–H and O–H groups in total. The van der Waals surface area contributed by atoms with E-state index in [1.807, 2.05) is 24.4 Å². The average molecular weight is 458 g/mol. The number of Topliss-reactive ketones (excluding diaryl/α,β-unsaturated/α-hetero) is 1. The molecule has 0 radical (unpaired) electrons. The topological polar surface area (TPSA) is 80.0 Å². The Morgan fingerprint density at radius 2 is 2.06 bits per heavy atom. The number of hydrogen-bond acceptors (Lipinski definition) is 6. The Balaban J connectivity index is 1.85. The van der Waals surface area contributed by atoms with Gasteiger partial charge in [0.15, 0.2) is 0 Å². The first-order valence-electron chi connectivity index (χ1n) is 9.70. The molecule has 0 saturated carbocycles. The molecule has 0 aliphatic carbocycles. The van der Waals surface area contributed by atoms with Crippen LogP contribution in [-0.2, 0) is 16.1 Å². The number of halogens is 1. The molecule has 4 rings (SSSR count). The maximum atomic E-state index is 13.0. The van der Waals surface area contributed by atoms with Crippen LogP contribution in [0, 0.1) is 6.92 Å². The largest absolute Gasteiger partial charge is 0.507 e. The quantitative estimate of drug-likeness (QED) is 0.307. The van der Waals surface area contributed by atoms with Gasteiger partial charge in [0.1, 0.15) is 29.1 Å². The van der Waals surface area contributed by atoms with Crippen LogP contribution >= 0.6 is 22.9 Å². The smallest absolute Gasteiger partial charge is 0.296 e. The van der Waals surface area contributed by atoms with E-state index in [1.54, 1.807) is 37.3 Å². The number of nitrogens with zero attached hydrogens (tertiary/aromatic N) is 1. The maximum Gasteiger partial charge on any atom is 0.296 e. The predicted molar refractivity (Wildman–Crippen MR) is 118 cm³/mol. The van der Waals surface area contributed by atoms with Crippen molar-refractivity contribution in [2.75, 3.05) is 6.61 Å². The predicted octanol–water partition coefficient (Wildman–Crippen LogP) is 5.32. The van der Waals surface area contributed by atoms with Gasteiger partial charge in [-0.3, -0.25) is 9.59 Å². The van der Waals surface area contributed by atoms with Crippen LogP contribution in [0.4, 0.5) is 0 Å².